The molecule has 0 aliphatic heterocycles. The zero-order valence-corrected chi connectivity index (χ0v) is 12.5. The maximum atomic E-state index is 4.27. The van der Waals surface area contributed by atoms with E-state index in [0.717, 1.165) is 10.4 Å². The molecule has 0 saturated heterocycles. The molecule has 0 aliphatic carbocycles. The van der Waals surface area contributed by atoms with Crippen molar-refractivity contribution in [1.82, 2.24) is 4.57 Å². The van der Waals surface area contributed by atoms with E-state index in [9.17, 15) is 0 Å². The number of aromatic nitrogens is 1. The Bertz CT molecular complexity index is 854. The fourth-order valence-electron chi connectivity index (χ4n) is 2.02. The molecule has 0 aliphatic rings. The van der Waals surface area contributed by atoms with Gasteiger partial charge in [0, 0.05) is 13.3 Å². The summed E-state index contributed by atoms with van der Waals surface area (Å²) in [6, 6.07) is 18.4. The van der Waals surface area contributed by atoms with Crippen molar-refractivity contribution in [3.05, 3.63) is 71.0 Å². The summed E-state index contributed by atoms with van der Waals surface area (Å²) in [5.41, 5.74) is 2.33. The van der Waals surface area contributed by atoms with E-state index in [-0.39, 0.29) is 0 Å². The van der Waals surface area contributed by atoms with Gasteiger partial charge in [-0.3, -0.25) is 0 Å². The fraction of sp³-hybridized carbons (Fsp3) is 0.0588. The Kier molecular flexibility index (Phi) is 4.07. The lowest BCUT2D eigenvalue weighted by atomic mass is 10.2. The first-order chi connectivity index (χ1) is 10.3. The lowest BCUT2D eigenvalue weighted by molar-refractivity contribution is 0.890. The number of nitrogens with zero attached hydrogens (tertiary/aromatic N) is 3. The van der Waals surface area contributed by atoms with Crippen LogP contribution in [0.25, 0.3) is 16.3 Å². The first-order valence-electron chi connectivity index (χ1n) is 6.68. The quantitative estimate of drug-likeness (QED) is 0.519. The van der Waals surface area contributed by atoms with Gasteiger partial charge in [-0.1, -0.05) is 59.9 Å². The van der Waals surface area contributed by atoms with Gasteiger partial charge in [0.05, 0.1) is 10.2 Å². The SMILES string of the molecule is Cn1/c(=N/N=C/C=C/c2ccccc2)sc2ccccc21. The molecule has 0 spiro atoms. The summed E-state index contributed by atoms with van der Waals surface area (Å²) in [7, 11) is 2.01. The molecule has 0 radical (unpaired) electrons. The number of hydrogen-bond donors (Lipinski definition) is 0. The lowest BCUT2D eigenvalue weighted by Crippen LogP contribution is -2.08. The molecule has 3 nitrogen and oxygen atoms in total. The number of benzene rings is 2. The van der Waals surface area contributed by atoms with Crippen molar-refractivity contribution in [1.29, 1.82) is 0 Å². The number of fused-ring (bicyclic) bond motifs is 1. The normalized spacial score (nSPS) is 12.9. The van der Waals surface area contributed by atoms with Gasteiger partial charge in [-0.2, -0.15) is 5.10 Å². The number of aryl methyl sites for hydroxylation is 1. The smallest absolute Gasteiger partial charge is 0.211 e. The molecule has 21 heavy (non-hydrogen) atoms. The number of thiazole rings is 1. The monoisotopic (exact) mass is 293 g/mol. The van der Waals surface area contributed by atoms with Crippen LogP contribution in [0.2, 0.25) is 0 Å². The highest BCUT2D eigenvalue weighted by atomic mass is 32.1. The number of para-hydroxylation sites is 1. The number of hydrogen-bond acceptors (Lipinski definition) is 3. The third-order valence-corrected chi connectivity index (χ3v) is 4.20. The van der Waals surface area contributed by atoms with Crippen LogP contribution in [-0.4, -0.2) is 10.8 Å². The molecule has 0 saturated carbocycles. The molecule has 0 amide bonds. The van der Waals surface area contributed by atoms with Gasteiger partial charge in [-0.15, -0.1) is 5.10 Å². The summed E-state index contributed by atoms with van der Waals surface area (Å²) in [5, 5.41) is 8.39. The van der Waals surface area contributed by atoms with Crippen LogP contribution < -0.4 is 4.80 Å². The Morgan fingerprint density at radius 3 is 2.57 bits per heavy atom. The van der Waals surface area contributed by atoms with E-state index in [1.54, 1.807) is 17.6 Å². The van der Waals surface area contributed by atoms with Crippen molar-refractivity contribution in [2.45, 2.75) is 0 Å². The molecule has 0 N–H and O–H groups in total. The zero-order valence-electron chi connectivity index (χ0n) is 11.7. The first kappa shape index (κ1) is 13.5. The lowest BCUT2D eigenvalue weighted by Gasteiger charge is -1.92. The number of rotatable bonds is 3. The summed E-state index contributed by atoms with van der Waals surface area (Å²) < 4.78 is 3.27. The van der Waals surface area contributed by atoms with Gasteiger partial charge in [0.25, 0.3) is 0 Å². The standard InChI is InChI=1S/C17H15N3S/c1-20-15-11-5-6-12-16(15)21-17(20)19-18-13-7-10-14-8-3-2-4-9-14/h2-13H,1H3/b10-7+,18-13+,19-17-. The topological polar surface area (TPSA) is 29.6 Å². The van der Waals surface area contributed by atoms with Crippen LogP contribution in [0.15, 0.2) is 70.9 Å². The second-order valence-corrected chi connectivity index (χ2v) is 5.55. The summed E-state index contributed by atoms with van der Waals surface area (Å²) in [6.07, 6.45) is 5.60. The minimum atomic E-state index is 0.889. The average Bonchev–Trinajstić information content (AvgIpc) is 2.85. The van der Waals surface area contributed by atoms with Crippen LogP contribution in [0.1, 0.15) is 5.56 Å². The molecule has 1 aromatic heterocycles. The van der Waals surface area contributed by atoms with E-state index in [4.69, 9.17) is 0 Å². The molecule has 3 aromatic rings. The molecule has 104 valence electrons. The molecule has 0 fully saturated rings. The first-order valence-corrected chi connectivity index (χ1v) is 7.49. The predicted molar refractivity (Wildman–Crippen MR) is 90.3 cm³/mol. The Balaban J connectivity index is 1.80. The van der Waals surface area contributed by atoms with E-state index in [1.165, 1.54) is 10.2 Å². The van der Waals surface area contributed by atoms with E-state index >= 15 is 0 Å². The molecule has 4 heteroatoms. The van der Waals surface area contributed by atoms with Crippen LogP contribution in [0, 0.1) is 0 Å². The number of allylic oxidation sites excluding steroid dienone is 1. The van der Waals surface area contributed by atoms with Gasteiger partial charge in [-0.25, -0.2) is 0 Å². The highest BCUT2D eigenvalue weighted by molar-refractivity contribution is 7.16. The van der Waals surface area contributed by atoms with Gasteiger partial charge in [-0.05, 0) is 23.8 Å². The Hall–Kier alpha value is -2.46. The predicted octanol–water partition coefficient (Wildman–Crippen LogP) is 3.84. The maximum Gasteiger partial charge on any atom is 0.211 e. The van der Waals surface area contributed by atoms with Crippen LogP contribution in [0.4, 0.5) is 0 Å². The van der Waals surface area contributed by atoms with Gasteiger partial charge >= 0.3 is 0 Å². The van der Waals surface area contributed by atoms with E-state index < -0.39 is 0 Å². The van der Waals surface area contributed by atoms with Gasteiger partial charge in [0.15, 0.2) is 0 Å². The van der Waals surface area contributed by atoms with Crippen molar-refractivity contribution in [2.24, 2.45) is 17.3 Å². The van der Waals surface area contributed by atoms with Crippen molar-refractivity contribution in [3.8, 4) is 0 Å². The van der Waals surface area contributed by atoms with Crippen LogP contribution >= 0.6 is 11.3 Å². The Morgan fingerprint density at radius 2 is 1.76 bits per heavy atom. The summed E-state index contributed by atoms with van der Waals surface area (Å²) in [5.74, 6) is 0. The van der Waals surface area contributed by atoms with E-state index in [2.05, 4.69) is 26.9 Å². The largest absolute Gasteiger partial charge is 0.318 e. The third-order valence-electron chi connectivity index (χ3n) is 3.10. The highest BCUT2D eigenvalue weighted by Gasteiger charge is 1.99. The molecular weight excluding hydrogens is 278 g/mol. The Labute approximate surface area is 127 Å². The zero-order chi connectivity index (χ0) is 14.5. The van der Waals surface area contributed by atoms with Gasteiger partial charge in [0.2, 0.25) is 4.80 Å². The summed E-state index contributed by atoms with van der Waals surface area (Å²) >= 11 is 1.64. The van der Waals surface area contributed by atoms with E-state index in [1.807, 2.05) is 61.7 Å². The summed E-state index contributed by atoms with van der Waals surface area (Å²) in [6.45, 7) is 0. The molecule has 0 atom stereocenters. The van der Waals surface area contributed by atoms with Gasteiger partial charge < -0.3 is 4.57 Å². The second kappa shape index (κ2) is 6.33. The van der Waals surface area contributed by atoms with Crippen molar-refractivity contribution < 1.29 is 0 Å². The van der Waals surface area contributed by atoms with Crippen molar-refractivity contribution >= 4 is 33.8 Å². The molecule has 2 aromatic carbocycles. The van der Waals surface area contributed by atoms with Crippen LogP contribution in [0.5, 0.6) is 0 Å². The second-order valence-electron chi connectivity index (χ2n) is 4.55. The van der Waals surface area contributed by atoms with Crippen LogP contribution in [-0.2, 0) is 7.05 Å². The third kappa shape index (κ3) is 3.17. The molecule has 0 bridgehead atoms. The molecule has 3 rings (SSSR count). The maximum absolute atomic E-state index is 4.27. The molecule has 0 unspecified atom stereocenters. The van der Waals surface area contributed by atoms with Crippen molar-refractivity contribution in [2.75, 3.05) is 0 Å². The fourth-order valence-corrected chi connectivity index (χ4v) is 2.99. The van der Waals surface area contributed by atoms with Crippen LogP contribution in [0.3, 0.4) is 0 Å². The average molecular weight is 293 g/mol. The minimum Gasteiger partial charge on any atom is -0.318 e. The van der Waals surface area contributed by atoms with Crippen molar-refractivity contribution in [3.63, 3.8) is 0 Å². The molecule has 1 heterocycles. The Morgan fingerprint density at radius 1 is 1.00 bits per heavy atom. The van der Waals surface area contributed by atoms with Gasteiger partial charge in [0.1, 0.15) is 0 Å². The van der Waals surface area contributed by atoms with E-state index in [0.29, 0.717) is 0 Å². The minimum absolute atomic E-state index is 0.889. The summed E-state index contributed by atoms with van der Waals surface area (Å²) in [4.78, 5) is 0.889. The highest BCUT2D eigenvalue weighted by Crippen LogP contribution is 2.14. The molecular formula is C17H15N3S.